The van der Waals surface area contributed by atoms with Gasteiger partial charge in [-0.25, -0.2) is 13.5 Å². The summed E-state index contributed by atoms with van der Waals surface area (Å²) in [5, 5.41) is 7.76. The van der Waals surface area contributed by atoms with E-state index < -0.39 is 11.6 Å². The Morgan fingerprint density at radius 1 is 1.19 bits per heavy atom. The number of benzene rings is 1. The molecule has 0 radical (unpaired) electrons. The third-order valence-corrected chi connectivity index (χ3v) is 5.47. The molecule has 1 N–H and O–H groups in total. The normalized spacial score (nSPS) is 17.6. The lowest BCUT2D eigenvalue weighted by atomic mass is 10.0. The summed E-state index contributed by atoms with van der Waals surface area (Å²) in [5.74, 6) is -1.85. The number of nitrogens with zero attached hydrogens (tertiary/aromatic N) is 3. The fourth-order valence-corrected chi connectivity index (χ4v) is 3.96. The number of amides is 1. The maximum atomic E-state index is 13.6. The first-order valence-electron chi connectivity index (χ1n) is 9.11. The van der Waals surface area contributed by atoms with Crippen LogP contribution in [0, 0.1) is 11.6 Å². The zero-order chi connectivity index (χ0) is 18.3. The fraction of sp³-hybridized carbons (Fsp3) is 0.474. The maximum Gasteiger partial charge on any atom is 0.274 e. The number of halogens is 2. The molecule has 1 saturated heterocycles. The second-order valence-corrected chi connectivity index (χ2v) is 6.99. The topological polar surface area (TPSA) is 50.2 Å². The van der Waals surface area contributed by atoms with Gasteiger partial charge in [-0.15, -0.1) is 0 Å². The van der Waals surface area contributed by atoms with Gasteiger partial charge in [-0.05, 0) is 51.3 Å². The molecule has 2 aromatic rings. The van der Waals surface area contributed by atoms with Gasteiger partial charge < -0.3 is 10.2 Å². The summed E-state index contributed by atoms with van der Waals surface area (Å²) >= 11 is 0. The SMILES string of the molecule is CNC1CCN(C(=O)c2nn(-c3ccc(F)c(F)c3)c3c2CCC3)CC1. The predicted molar refractivity (Wildman–Crippen MR) is 93.5 cm³/mol. The van der Waals surface area contributed by atoms with Crippen molar-refractivity contribution in [2.45, 2.75) is 38.1 Å². The Labute approximate surface area is 151 Å². The first-order valence-corrected chi connectivity index (χ1v) is 9.11. The largest absolute Gasteiger partial charge is 0.337 e. The summed E-state index contributed by atoms with van der Waals surface area (Å²) < 4.78 is 28.5. The van der Waals surface area contributed by atoms with Crippen LogP contribution < -0.4 is 5.32 Å². The lowest BCUT2D eigenvalue weighted by Gasteiger charge is -2.31. The van der Waals surface area contributed by atoms with Crippen LogP contribution in [-0.4, -0.2) is 46.8 Å². The van der Waals surface area contributed by atoms with Gasteiger partial charge in [-0.3, -0.25) is 4.79 Å². The Bertz CT molecular complexity index is 840. The molecule has 1 aliphatic carbocycles. The molecule has 26 heavy (non-hydrogen) atoms. The predicted octanol–water partition coefficient (Wildman–Crippen LogP) is 2.46. The van der Waals surface area contributed by atoms with Crippen LogP contribution in [-0.2, 0) is 12.8 Å². The van der Waals surface area contributed by atoms with Crippen molar-refractivity contribution < 1.29 is 13.6 Å². The van der Waals surface area contributed by atoms with Crippen molar-refractivity contribution in [3.05, 3.63) is 46.8 Å². The second-order valence-electron chi connectivity index (χ2n) is 6.99. The van der Waals surface area contributed by atoms with Crippen LogP contribution in [0.1, 0.15) is 41.0 Å². The number of piperidine rings is 1. The first-order chi connectivity index (χ1) is 12.6. The van der Waals surface area contributed by atoms with E-state index in [9.17, 15) is 13.6 Å². The monoisotopic (exact) mass is 360 g/mol. The highest BCUT2D eigenvalue weighted by atomic mass is 19.2. The van der Waals surface area contributed by atoms with Gasteiger partial charge in [-0.2, -0.15) is 5.10 Å². The van der Waals surface area contributed by atoms with Crippen LogP contribution in [0.5, 0.6) is 0 Å². The lowest BCUT2D eigenvalue weighted by molar-refractivity contribution is 0.0700. The van der Waals surface area contributed by atoms with Crippen LogP contribution in [0.2, 0.25) is 0 Å². The number of likely N-dealkylation sites (tertiary alicyclic amines) is 1. The molecule has 0 saturated carbocycles. The van der Waals surface area contributed by atoms with Gasteiger partial charge in [-0.1, -0.05) is 0 Å². The number of hydrogen-bond acceptors (Lipinski definition) is 3. The van der Waals surface area contributed by atoms with E-state index in [1.165, 1.54) is 6.07 Å². The van der Waals surface area contributed by atoms with Crippen molar-refractivity contribution in [1.82, 2.24) is 20.0 Å². The Morgan fingerprint density at radius 3 is 2.65 bits per heavy atom. The minimum atomic E-state index is -0.910. The van der Waals surface area contributed by atoms with E-state index in [4.69, 9.17) is 0 Å². The molecule has 7 heteroatoms. The lowest BCUT2D eigenvalue weighted by Crippen LogP contribution is -2.44. The van der Waals surface area contributed by atoms with E-state index in [1.54, 1.807) is 4.68 Å². The van der Waals surface area contributed by atoms with Crippen molar-refractivity contribution >= 4 is 5.91 Å². The highest BCUT2D eigenvalue weighted by Gasteiger charge is 2.31. The highest BCUT2D eigenvalue weighted by Crippen LogP contribution is 2.29. The van der Waals surface area contributed by atoms with Crippen LogP contribution >= 0.6 is 0 Å². The van der Waals surface area contributed by atoms with Crippen LogP contribution in [0.25, 0.3) is 5.69 Å². The summed E-state index contributed by atoms with van der Waals surface area (Å²) in [5.41, 5.74) is 2.81. The first kappa shape index (κ1) is 17.1. The molecule has 1 aromatic heterocycles. The standard InChI is InChI=1S/C19H22F2N4O/c1-22-12-7-9-24(10-8-12)19(26)18-14-3-2-4-17(14)25(23-18)13-5-6-15(20)16(21)11-13/h5-6,11-12,22H,2-4,7-10H2,1H3. The number of fused-ring (bicyclic) bond motifs is 1. The minimum Gasteiger partial charge on any atom is -0.337 e. The Morgan fingerprint density at radius 2 is 1.96 bits per heavy atom. The van der Waals surface area contributed by atoms with E-state index in [0.717, 1.165) is 55.5 Å². The van der Waals surface area contributed by atoms with E-state index in [2.05, 4.69) is 10.4 Å². The van der Waals surface area contributed by atoms with Gasteiger partial charge in [0.25, 0.3) is 5.91 Å². The molecular formula is C19H22F2N4O. The third-order valence-electron chi connectivity index (χ3n) is 5.47. The van der Waals surface area contributed by atoms with Crippen molar-refractivity contribution in [3.63, 3.8) is 0 Å². The molecule has 1 aliphatic heterocycles. The smallest absolute Gasteiger partial charge is 0.274 e. The summed E-state index contributed by atoms with van der Waals surface area (Å²) in [6.45, 7) is 1.41. The number of nitrogens with one attached hydrogen (secondary N) is 1. The molecule has 0 bridgehead atoms. The van der Waals surface area contributed by atoms with Crippen molar-refractivity contribution in [2.75, 3.05) is 20.1 Å². The fourth-order valence-electron chi connectivity index (χ4n) is 3.96. The molecule has 0 unspecified atom stereocenters. The molecule has 2 aliphatic rings. The molecule has 1 amide bonds. The summed E-state index contributed by atoms with van der Waals surface area (Å²) in [7, 11) is 1.94. The average Bonchev–Trinajstić information content (AvgIpc) is 3.26. The minimum absolute atomic E-state index is 0.0564. The molecule has 0 spiro atoms. The van der Waals surface area contributed by atoms with Gasteiger partial charge in [0.2, 0.25) is 0 Å². The maximum absolute atomic E-state index is 13.6. The summed E-state index contributed by atoms with van der Waals surface area (Å²) in [6, 6.07) is 4.17. The molecule has 1 aromatic carbocycles. The molecule has 2 heterocycles. The summed E-state index contributed by atoms with van der Waals surface area (Å²) in [6.07, 6.45) is 4.38. The van der Waals surface area contributed by atoms with E-state index in [-0.39, 0.29) is 5.91 Å². The van der Waals surface area contributed by atoms with Gasteiger partial charge in [0.15, 0.2) is 17.3 Å². The molecule has 0 atom stereocenters. The van der Waals surface area contributed by atoms with Crippen molar-refractivity contribution in [2.24, 2.45) is 0 Å². The zero-order valence-corrected chi connectivity index (χ0v) is 14.8. The number of carbonyl (C=O) groups is 1. The number of hydrogen-bond donors (Lipinski definition) is 1. The van der Waals surface area contributed by atoms with Gasteiger partial charge in [0, 0.05) is 36.5 Å². The molecule has 4 rings (SSSR count). The van der Waals surface area contributed by atoms with E-state index in [1.807, 2.05) is 11.9 Å². The molecule has 5 nitrogen and oxygen atoms in total. The number of carbonyl (C=O) groups excluding carboxylic acids is 1. The molecular weight excluding hydrogens is 338 g/mol. The Kier molecular flexibility index (Phi) is 4.48. The van der Waals surface area contributed by atoms with Gasteiger partial charge in [0.05, 0.1) is 5.69 Å². The quantitative estimate of drug-likeness (QED) is 0.915. The summed E-state index contributed by atoms with van der Waals surface area (Å²) in [4.78, 5) is 14.9. The third kappa shape index (κ3) is 2.90. The van der Waals surface area contributed by atoms with Crippen LogP contribution in [0.15, 0.2) is 18.2 Å². The number of aromatic nitrogens is 2. The Hall–Kier alpha value is -2.28. The Balaban J connectivity index is 1.66. The average molecular weight is 360 g/mol. The zero-order valence-electron chi connectivity index (χ0n) is 14.8. The number of rotatable bonds is 3. The van der Waals surface area contributed by atoms with E-state index >= 15 is 0 Å². The second kappa shape index (κ2) is 6.79. The molecule has 1 fully saturated rings. The van der Waals surface area contributed by atoms with Gasteiger partial charge >= 0.3 is 0 Å². The van der Waals surface area contributed by atoms with Crippen LogP contribution in [0.4, 0.5) is 8.78 Å². The van der Waals surface area contributed by atoms with Crippen molar-refractivity contribution in [1.29, 1.82) is 0 Å². The highest BCUT2D eigenvalue weighted by molar-refractivity contribution is 5.94. The van der Waals surface area contributed by atoms with Crippen LogP contribution in [0.3, 0.4) is 0 Å². The molecule has 138 valence electrons. The van der Waals surface area contributed by atoms with Crippen molar-refractivity contribution in [3.8, 4) is 5.69 Å². The van der Waals surface area contributed by atoms with Gasteiger partial charge in [0.1, 0.15) is 0 Å². The van der Waals surface area contributed by atoms with E-state index in [0.29, 0.717) is 30.5 Å².